The molecule has 0 saturated carbocycles. The highest BCUT2D eigenvalue weighted by Crippen LogP contribution is 2.26. The lowest BCUT2D eigenvalue weighted by atomic mass is 9.96. The standard InChI is InChI=1S/C21H27N3O3S/c1-15-3-2-4-16(11-15)12-18-13-22-21(28-18)23-19(25)14-24-7-5-17(6-8-24)20-26-9-10-27-20/h2-4,11,13,17,20H,5-10,12,14H2,1H3,(H,22,23,25). The summed E-state index contributed by atoms with van der Waals surface area (Å²) in [5.41, 5.74) is 2.52. The molecule has 0 radical (unpaired) electrons. The molecule has 2 aliphatic rings. The minimum atomic E-state index is -0.0434. The van der Waals surface area contributed by atoms with Gasteiger partial charge in [0.05, 0.1) is 19.8 Å². The Morgan fingerprint density at radius 2 is 2.07 bits per heavy atom. The summed E-state index contributed by atoms with van der Waals surface area (Å²) in [6.07, 6.45) is 4.67. The van der Waals surface area contributed by atoms with Crippen molar-refractivity contribution in [3.63, 3.8) is 0 Å². The maximum Gasteiger partial charge on any atom is 0.240 e. The summed E-state index contributed by atoms with van der Waals surface area (Å²) in [4.78, 5) is 20.1. The van der Waals surface area contributed by atoms with Gasteiger partial charge in [0.2, 0.25) is 5.91 Å². The Morgan fingerprint density at radius 1 is 1.29 bits per heavy atom. The van der Waals surface area contributed by atoms with E-state index in [0.717, 1.165) is 37.2 Å². The molecular weight excluding hydrogens is 374 g/mol. The SMILES string of the molecule is Cc1cccc(Cc2cnc(NC(=O)CN3CCC(C4OCCO4)CC3)s2)c1. The molecule has 0 unspecified atom stereocenters. The molecule has 4 rings (SSSR count). The fourth-order valence-corrected chi connectivity index (χ4v) is 4.73. The van der Waals surface area contributed by atoms with Gasteiger partial charge in [-0.2, -0.15) is 0 Å². The summed E-state index contributed by atoms with van der Waals surface area (Å²) < 4.78 is 11.2. The van der Waals surface area contributed by atoms with E-state index in [1.54, 1.807) is 11.3 Å². The second kappa shape index (κ2) is 9.13. The Hall–Kier alpha value is -1.80. The van der Waals surface area contributed by atoms with E-state index in [-0.39, 0.29) is 12.2 Å². The zero-order chi connectivity index (χ0) is 19.3. The third-order valence-corrected chi connectivity index (χ3v) is 6.21. The molecule has 28 heavy (non-hydrogen) atoms. The van der Waals surface area contributed by atoms with E-state index < -0.39 is 0 Å². The van der Waals surface area contributed by atoms with E-state index in [2.05, 4.69) is 46.4 Å². The van der Waals surface area contributed by atoms with Crippen LogP contribution in [0.3, 0.4) is 0 Å². The van der Waals surface area contributed by atoms with Crippen LogP contribution in [0.4, 0.5) is 5.13 Å². The molecule has 0 aliphatic carbocycles. The van der Waals surface area contributed by atoms with Crippen LogP contribution >= 0.6 is 11.3 Å². The molecule has 150 valence electrons. The molecule has 7 heteroatoms. The number of aryl methyl sites for hydroxylation is 1. The van der Waals surface area contributed by atoms with E-state index in [0.29, 0.717) is 30.8 Å². The van der Waals surface area contributed by atoms with Gasteiger partial charge in [-0.05, 0) is 38.4 Å². The molecule has 1 aromatic heterocycles. The number of aromatic nitrogens is 1. The van der Waals surface area contributed by atoms with Crippen molar-refractivity contribution in [2.24, 2.45) is 5.92 Å². The van der Waals surface area contributed by atoms with Gasteiger partial charge in [0, 0.05) is 23.4 Å². The van der Waals surface area contributed by atoms with Gasteiger partial charge in [0.15, 0.2) is 11.4 Å². The minimum absolute atomic E-state index is 0.00303. The number of carbonyl (C=O) groups excluding carboxylic acids is 1. The first-order chi connectivity index (χ1) is 13.7. The lowest BCUT2D eigenvalue weighted by Crippen LogP contribution is -2.41. The Morgan fingerprint density at radius 3 is 2.82 bits per heavy atom. The van der Waals surface area contributed by atoms with Crippen LogP contribution in [0, 0.1) is 12.8 Å². The van der Waals surface area contributed by atoms with Gasteiger partial charge >= 0.3 is 0 Å². The van der Waals surface area contributed by atoms with Crippen molar-refractivity contribution in [3.8, 4) is 0 Å². The highest BCUT2D eigenvalue weighted by molar-refractivity contribution is 7.15. The lowest BCUT2D eigenvalue weighted by molar-refractivity contribution is -0.119. The number of rotatable bonds is 6. The lowest BCUT2D eigenvalue weighted by Gasteiger charge is -2.33. The van der Waals surface area contributed by atoms with Gasteiger partial charge < -0.3 is 14.8 Å². The first kappa shape index (κ1) is 19.5. The zero-order valence-corrected chi connectivity index (χ0v) is 17.0. The Balaban J connectivity index is 1.23. The number of benzene rings is 1. The predicted molar refractivity (Wildman–Crippen MR) is 110 cm³/mol. The van der Waals surface area contributed by atoms with Crippen LogP contribution in [0.2, 0.25) is 0 Å². The van der Waals surface area contributed by atoms with Crippen molar-refractivity contribution in [1.82, 2.24) is 9.88 Å². The number of nitrogens with one attached hydrogen (secondary N) is 1. The smallest absolute Gasteiger partial charge is 0.240 e. The van der Waals surface area contributed by atoms with Gasteiger partial charge in [-0.25, -0.2) is 4.98 Å². The second-order valence-electron chi connectivity index (χ2n) is 7.57. The number of anilines is 1. The predicted octanol–water partition coefficient (Wildman–Crippen LogP) is 3.07. The van der Waals surface area contributed by atoms with E-state index in [9.17, 15) is 4.79 Å². The fraction of sp³-hybridized carbons (Fsp3) is 0.524. The average Bonchev–Trinajstić information content (AvgIpc) is 3.35. The Kier molecular flexibility index (Phi) is 6.36. The number of likely N-dealkylation sites (tertiary alicyclic amines) is 1. The Bertz CT molecular complexity index is 796. The number of amides is 1. The van der Waals surface area contributed by atoms with Crippen molar-refractivity contribution in [2.75, 3.05) is 38.2 Å². The van der Waals surface area contributed by atoms with Crippen molar-refractivity contribution in [2.45, 2.75) is 32.5 Å². The maximum atomic E-state index is 12.4. The molecular formula is C21H27N3O3S. The fourth-order valence-electron chi connectivity index (χ4n) is 3.86. The van der Waals surface area contributed by atoms with Crippen molar-refractivity contribution in [3.05, 3.63) is 46.5 Å². The largest absolute Gasteiger partial charge is 0.350 e. The van der Waals surface area contributed by atoms with Crippen LogP contribution in [-0.4, -0.2) is 54.9 Å². The van der Waals surface area contributed by atoms with Gasteiger partial charge in [-0.3, -0.25) is 9.69 Å². The van der Waals surface area contributed by atoms with Crippen molar-refractivity contribution >= 4 is 22.4 Å². The summed E-state index contributed by atoms with van der Waals surface area (Å²) in [5.74, 6) is 0.452. The summed E-state index contributed by atoms with van der Waals surface area (Å²) >= 11 is 1.55. The highest BCUT2D eigenvalue weighted by Gasteiger charge is 2.30. The normalized spacial score (nSPS) is 19.2. The van der Waals surface area contributed by atoms with Crippen molar-refractivity contribution in [1.29, 1.82) is 0 Å². The molecule has 3 heterocycles. The highest BCUT2D eigenvalue weighted by atomic mass is 32.1. The third kappa shape index (κ3) is 5.17. The molecule has 1 amide bonds. The van der Waals surface area contributed by atoms with Gasteiger partial charge in [0.1, 0.15) is 0 Å². The van der Waals surface area contributed by atoms with Crippen LogP contribution in [-0.2, 0) is 20.7 Å². The number of nitrogens with zero attached hydrogens (tertiary/aromatic N) is 2. The minimum Gasteiger partial charge on any atom is -0.350 e. The van der Waals surface area contributed by atoms with Crippen LogP contribution < -0.4 is 5.32 Å². The van der Waals surface area contributed by atoms with Crippen LogP contribution in [0.15, 0.2) is 30.5 Å². The number of hydrogen-bond donors (Lipinski definition) is 1. The molecule has 0 atom stereocenters. The van der Waals surface area contributed by atoms with Gasteiger partial charge in [-0.1, -0.05) is 29.8 Å². The third-order valence-electron chi connectivity index (χ3n) is 5.29. The maximum absolute atomic E-state index is 12.4. The van der Waals surface area contributed by atoms with Gasteiger partial charge in [-0.15, -0.1) is 11.3 Å². The summed E-state index contributed by atoms with van der Waals surface area (Å²) in [7, 11) is 0. The topological polar surface area (TPSA) is 63.7 Å². The first-order valence-corrected chi connectivity index (χ1v) is 10.7. The quantitative estimate of drug-likeness (QED) is 0.806. The van der Waals surface area contributed by atoms with Crippen LogP contribution in [0.5, 0.6) is 0 Å². The number of carbonyl (C=O) groups is 1. The van der Waals surface area contributed by atoms with Crippen LogP contribution in [0.1, 0.15) is 28.8 Å². The molecule has 2 saturated heterocycles. The van der Waals surface area contributed by atoms with E-state index in [1.165, 1.54) is 11.1 Å². The number of hydrogen-bond acceptors (Lipinski definition) is 6. The monoisotopic (exact) mass is 401 g/mol. The molecule has 0 spiro atoms. The molecule has 6 nitrogen and oxygen atoms in total. The second-order valence-corrected chi connectivity index (χ2v) is 8.68. The van der Waals surface area contributed by atoms with E-state index in [4.69, 9.17) is 9.47 Å². The molecule has 2 aromatic rings. The van der Waals surface area contributed by atoms with Crippen molar-refractivity contribution < 1.29 is 14.3 Å². The summed E-state index contributed by atoms with van der Waals surface area (Å²) in [6, 6.07) is 8.47. The summed E-state index contributed by atoms with van der Waals surface area (Å²) in [5, 5.41) is 3.63. The Labute approximate surface area is 169 Å². The number of piperidine rings is 1. The van der Waals surface area contributed by atoms with E-state index >= 15 is 0 Å². The first-order valence-electron chi connectivity index (χ1n) is 9.91. The van der Waals surface area contributed by atoms with Gasteiger partial charge in [0.25, 0.3) is 0 Å². The molecule has 2 fully saturated rings. The van der Waals surface area contributed by atoms with E-state index in [1.807, 2.05) is 6.20 Å². The van der Waals surface area contributed by atoms with Crippen LogP contribution in [0.25, 0.3) is 0 Å². The molecule has 2 aliphatic heterocycles. The average molecular weight is 402 g/mol. The zero-order valence-electron chi connectivity index (χ0n) is 16.2. The number of thiazole rings is 1. The molecule has 0 bridgehead atoms. The molecule has 1 N–H and O–H groups in total. The summed E-state index contributed by atoms with van der Waals surface area (Å²) in [6.45, 7) is 5.71. The molecule has 1 aromatic carbocycles. The number of ether oxygens (including phenoxy) is 2.